The van der Waals surface area contributed by atoms with Crippen LogP contribution in [-0.2, 0) is 19.6 Å². The molecule has 0 heterocycles. The molecule has 0 bridgehead atoms. The minimum atomic E-state index is -4.09. The average molecular weight is 531 g/mol. The lowest BCUT2D eigenvalue weighted by Crippen LogP contribution is -2.38. The minimum absolute atomic E-state index is 0.0150. The maximum absolute atomic E-state index is 13.5. The van der Waals surface area contributed by atoms with Crippen molar-refractivity contribution in [3.8, 4) is 5.75 Å². The second-order valence-corrected chi connectivity index (χ2v) is 9.98. The van der Waals surface area contributed by atoms with Gasteiger partial charge < -0.3 is 14.8 Å². The van der Waals surface area contributed by atoms with Gasteiger partial charge in [0.2, 0.25) is 5.91 Å². The van der Waals surface area contributed by atoms with Crippen molar-refractivity contribution in [2.75, 3.05) is 29.4 Å². The van der Waals surface area contributed by atoms with Gasteiger partial charge in [0.05, 0.1) is 34.4 Å². The largest absolute Gasteiger partial charge is 0.494 e. The van der Waals surface area contributed by atoms with Gasteiger partial charge >= 0.3 is 5.97 Å². The van der Waals surface area contributed by atoms with Crippen molar-refractivity contribution in [1.82, 2.24) is 0 Å². The molecule has 10 heteroatoms. The molecular formula is C26H27ClN2O6S. The van der Waals surface area contributed by atoms with E-state index in [-0.39, 0.29) is 22.1 Å². The molecule has 0 fully saturated rings. The van der Waals surface area contributed by atoms with Crippen LogP contribution >= 0.6 is 11.6 Å². The molecule has 8 nitrogen and oxygen atoms in total. The molecule has 3 aromatic rings. The van der Waals surface area contributed by atoms with Crippen molar-refractivity contribution in [3.63, 3.8) is 0 Å². The first-order valence-electron chi connectivity index (χ1n) is 11.2. The summed E-state index contributed by atoms with van der Waals surface area (Å²) in [6, 6.07) is 17.2. The van der Waals surface area contributed by atoms with Crippen LogP contribution in [0.2, 0.25) is 5.02 Å². The van der Waals surface area contributed by atoms with E-state index in [2.05, 4.69) is 5.32 Å². The second-order valence-electron chi connectivity index (χ2n) is 7.71. The minimum Gasteiger partial charge on any atom is -0.494 e. The summed E-state index contributed by atoms with van der Waals surface area (Å²) in [5, 5.41) is 2.74. The van der Waals surface area contributed by atoms with Gasteiger partial charge in [0.15, 0.2) is 0 Å². The van der Waals surface area contributed by atoms with Crippen LogP contribution in [0, 0.1) is 6.92 Å². The fraction of sp³-hybridized carbons (Fsp3) is 0.231. The van der Waals surface area contributed by atoms with E-state index in [1.165, 1.54) is 30.3 Å². The highest BCUT2D eigenvalue weighted by molar-refractivity contribution is 7.92. The predicted molar refractivity (Wildman–Crippen MR) is 139 cm³/mol. The zero-order valence-electron chi connectivity index (χ0n) is 20.2. The molecule has 190 valence electrons. The monoisotopic (exact) mass is 530 g/mol. The molecule has 1 amide bonds. The molecule has 0 unspecified atom stereocenters. The standard InChI is InChI=1S/C26H27ClN2O6S/c1-4-34-21-11-13-22(14-12-21)36(32,33)29(20-9-6-18(3)7-10-20)17-25(30)28-19-8-15-23(24(27)16-19)26(31)35-5-2/h6-16H,4-5,17H2,1-3H3,(H,28,30). The third kappa shape index (κ3) is 6.56. The summed E-state index contributed by atoms with van der Waals surface area (Å²) in [5.74, 6) is -0.628. The van der Waals surface area contributed by atoms with Gasteiger partial charge in [-0.3, -0.25) is 9.10 Å². The molecule has 0 aromatic heterocycles. The summed E-state index contributed by atoms with van der Waals surface area (Å²) in [6.07, 6.45) is 0. The number of amides is 1. The number of ether oxygens (including phenoxy) is 2. The van der Waals surface area contributed by atoms with Crippen molar-refractivity contribution < 1.29 is 27.5 Å². The van der Waals surface area contributed by atoms with Crippen molar-refractivity contribution in [2.24, 2.45) is 0 Å². The molecule has 3 aromatic carbocycles. The van der Waals surface area contributed by atoms with Crippen LogP contribution in [0.3, 0.4) is 0 Å². The number of benzene rings is 3. The molecule has 0 saturated carbocycles. The lowest BCUT2D eigenvalue weighted by molar-refractivity contribution is -0.114. The number of nitrogens with one attached hydrogen (secondary N) is 1. The Morgan fingerprint density at radius 2 is 1.61 bits per heavy atom. The number of carbonyl (C=O) groups excluding carboxylic acids is 2. The van der Waals surface area contributed by atoms with Crippen molar-refractivity contribution in [1.29, 1.82) is 0 Å². The van der Waals surface area contributed by atoms with E-state index in [0.29, 0.717) is 23.7 Å². The van der Waals surface area contributed by atoms with E-state index in [0.717, 1.165) is 9.87 Å². The van der Waals surface area contributed by atoms with Gasteiger partial charge in [-0.25, -0.2) is 13.2 Å². The van der Waals surface area contributed by atoms with Gasteiger partial charge in [-0.15, -0.1) is 0 Å². The smallest absolute Gasteiger partial charge is 0.339 e. The van der Waals surface area contributed by atoms with Gasteiger partial charge in [-0.05, 0) is 75.4 Å². The quantitative estimate of drug-likeness (QED) is 0.368. The molecule has 3 rings (SSSR count). The highest BCUT2D eigenvalue weighted by Crippen LogP contribution is 2.26. The second kappa shape index (κ2) is 11.9. The maximum atomic E-state index is 13.5. The number of sulfonamides is 1. The lowest BCUT2D eigenvalue weighted by Gasteiger charge is -2.24. The zero-order valence-corrected chi connectivity index (χ0v) is 21.7. The fourth-order valence-corrected chi connectivity index (χ4v) is 5.00. The summed E-state index contributed by atoms with van der Waals surface area (Å²) in [5.41, 5.74) is 1.74. The Balaban J connectivity index is 1.87. The Hall–Kier alpha value is -3.56. The first-order valence-corrected chi connectivity index (χ1v) is 13.1. The molecule has 0 radical (unpaired) electrons. The highest BCUT2D eigenvalue weighted by Gasteiger charge is 2.27. The van der Waals surface area contributed by atoms with E-state index in [1.54, 1.807) is 43.3 Å². The topological polar surface area (TPSA) is 102 Å². The van der Waals surface area contributed by atoms with E-state index in [1.807, 2.05) is 13.8 Å². The molecular weight excluding hydrogens is 504 g/mol. The van der Waals surface area contributed by atoms with Crippen molar-refractivity contribution in [3.05, 3.63) is 82.9 Å². The van der Waals surface area contributed by atoms with Gasteiger partial charge in [0.1, 0.15) is 12.3 Å². The number of hydrogen-bond donors (Lipinski definition) is 1. The predicted octanol–water partition coefficient (Wildman–Crippen LogP) is 5.06. The summed E-state index contributed by atoms with van der Waals surface area (Å²) in [6.45, 7) is 5.56. The molecule has 1 N–H and O–H groups in total. The van der Waals surface area contributed by atoms with Crippen LogP contribution in [0.4, 0.5) is 11.4 Å². The fourth-order valence-electron chi connectivity index (χ4n) is 3.33. The Kier molecular flexibility index (Phi) is 8.95. The van der Waals surface area contributed by atoms with Crippen LogP contribution in [0.5, 0.6) is 5.75 Å². The summed E-state index contributed by atoms with van der Waals surface area (Å²) >= 11 is 6.18. The van der Waals surface area contributed by atoms with Gasteiger partial charge in [0.25, 0.3) is 10.0 Å². The van der Waals surface area contributed by atoms with Crippen molar-refractivity contribution >= 4 is 44.9 Å². The lowest BCUT2D eigenvalue weighted by atomic mass is 10.2. The van der Waals surface area contributed by atoms with E-state index in [4.69, 9.17) is 21.1 Å². The number of halogens is 1. The van der Waals surface area contributed by atoms with E-state index in [9.17, 15) is 18.0 Å². The van der Waals surface area contributed by atoms with E-state index >= 15 is 0 Å². The molecule has 0 atom stereocenters. The third-order valence-electron chi connectivity index (χ3n) is 5.08. The maximum Gasteiger partial charge on any atom is 0.339 e. The van der Waals surface area contributed by atoms with Crippen molar-refractivity contribution in [2.45, 2.75) is 25.7 Å². The number of rotatable bonds is 10. The Bertz CT molecular complexity index is 1330. The van der Waals surface area contributed by atoms with Crippen LogP contribution in [0.25, 0.3) is 0 Å². The number of anilines is 2. The number of hydrogen-bond acceptors (Lipinski definition) is 6. The summed E-state index contributed by atoms with van der Waals surface area (Å²) in [7, 11) is -4.09. The third-order valence-corrected chi connectivity index (χ3v) is 7.18. The summed E-state index contributed by atoms with van der Waals surface area (Å²) in [4.78, 5) is 24.9. The molecule has 0 aliphatic rings. The van der Waals surface area contributed by atoms with Crippen LogP contribution in [-0.4, -0.2) is 40.1 Å². The Labute approximate surface area is 215 Å². The molecule has 0 saturated heterocycles. The van der Waals surface area contributed by atoms with Gasteiger partial charge in [-0.1, -0.05) is 29.3 Å². The van der Waals surface area contributed by atoms with Crippen LogP contribution < -0.4 is 14.4 Å². The number of aryl methyl sites for hydroxylation is 1. The van der Waals surface area contributed by atoms with E-state index < -0.39 is 28.4 Å². The van der Waals surface area contributed by atoms with Crippen LogP contribution in [0.1, 0.15) is 29.8 Å². The molecule has 0 aliphatic heterocycles. The first-order chi connectivity index (χ1) is 17.1. The SMILES string of the molecule is CCOC(=O)c1ccc(NC(=O)CN(c2ccc(C)cc2)S(=O)(=O)c2ccc(OCC)cc2)cc1Cl. The Morgan fingerprint density at radius 1 is 0.944 bits per heavy atom. The zero-order chi connectivity index (χ0) is 26.3. The van der Waals surface area contributed by atoms with Gasteiger partial charge in [-0.2, -0.15) is 0 Å². The Morgan fingerprint density at radius 3 is 2.19 bits per heavy atom. The number of carbonyl (C=O) groups is 2. The number of esters is 1. The highest BCUT2D eigenvalue weighted by atomic mass is 35.5. The normalized spacial score (nSPS) is 11.0. The number of nitrogens with zero attached hydrogens (tertiary/aromatic N) is 1. The first kappa shape index (κ1) is 27.0. The molecule has 36 heavy (non-hydrogen) atoms. The van der Waals surface area contributed by atoms with Crippen LogP contribution in [0.15, 0.2) is 71.6 Å². The average Bonchev–Trinajstić information content (AvgIpc) is 2.84. The molecule has 0 aliphatic carbocycles. The van der Waals surface area contributed by atoms with Gasteiger partial charge in [0, 0.05) is 5.69 Å². The molecule has 0 spiro atoms. The summed E-state index contributed by atoms with van der Waals surface area (Å²) < 4.78 is 38.5.